The standard InChI is InChI=1S/C15H14Cl2N2/c16-10-6-12-13(14(17)7-10)9-19(15(12)8-18)11-4-2-1-3-5-11/h1-7,15H,8-9,18H2. The highest BCUT2D eigenvalue weighted by molar-refractivity contribution is 6.35. The van der Waals surface area contributed by atoms with Crippen molar-refractivity contribution in [3.05, 3.63) is 63.6 Å². The van der Waals surface area contributed by atoms with Crippen molar-refractivity contribution >= 4 is 28.9 Å². The minimum atomic E-state index is 0.133. The zero-order valence-corrected chi connectivity index (χ0v) is 11.8. The Morgan fingerprint density at radius 1 is 1.16 bits per heavy atom. The number of rotatable bonds is 2. The molecule has 0 amide bonds. The van der Waals surface area contributed by atoms with Crippen molar-refractivity contribution < 1.29 is 0 Å². The van der Waals surface area contributed by atoms with Crippen LogP contribution < -0.4 is 10.6 Å². The highest BCUT2D eigenvalue weighted by Crippen LogP contribution is 2.41. The second-order valence-corrected chi connectivity index (χ2v) is 5.51. The molecule has 1 unspecified atom stereocenters. The monoisotopic (exact) mass is 292 g/mol. The molecular weight excluding hydrogens is 279 g/mol. The van der Waals surface area contributed by atoms with Crippen LogP contribution in [0, 0.1) is 0 Å². The first-order valence-electron chi connectivity index (χ1n) is 6.20. The van der Waals surface area contributed by atoms with Crippen LogP contribution in [0.15, 0.2) is 42.5 Å². The van der Waals surface area contributed by atoms with Gasteiger partial charge < -0.3 is 10.6 Å². The fraction of sp³-hybridized carbons (Fsp3) is 0.200. The Morgan fingerprint density at radius 2 is 1.89 bits per heavy atom. The topological polar surface area (TPSA) is 29.3 Å². The van der Waals surface area contributed by atoms with E-state index in [0.717, 1.165) is 28.4 Å². The fourth-order valence-electron chi connectivity index (χ4n) is 2.68. The molecular formula is C15H14Cl2N2. The summed E-state index contributed by atoms with van der Waals surface area (Å²) in [5, 5.41) is 1.39. The minimum absolute atomic E-state index is 0.133. The highest BCUT2D eigenvalue weighted by atomic mass is 35.5. The largest absolute Gasteiger partial charge is 0.359 e. The molecule has 98 valence electrons. The van der Waals surface area contributed by atoms with E-state index >= 15 is 0 Å². The molecule has 2 aromatic carbocycles. The maximum absolute atomic E-state index is 6.30. The lowest BCUT2D eigenvalue weighted by Crippen LogP contribution is -2.27. The van der Waals surface area contributed by atoms with Crippen LogP contribution in [0.4, 0.5) is 5.69 Å². The zero-order chi connectivity index (χ0) is 13.4. The van der Waals surface area contributed by atoms with Crippen molar-refractivity contribution in [1.82, 2.24) is 0 Å². The van der Waals surface area contributed by atoms with Crippen LogP contribution in [0.5, 0.6) is 0 Å². The van der Waals surface area contributed by atoms with Gasteiger partial charge in [-0.25, -0.2) is 0 Å². The summed E-state index contributed by atoms with van der Waals surface area (Å²) in [7, 11) is 0. The molecule has 0 fully saturated rings. The number of anilines is 1. The zero-order valence-electron chi connectivity index (χ0n) is 10.3. The Morgan fingerprint density at radius 3 is 2.58 bits per heavy atom. The van der Waals surface area contributed by atoms with Gasteiger partial charge in [0.2, 0.25) is 0 Å². The molecule has 0 spiro atoms. The van der Waals surface area contributed by atoms with Crippen molar-refractivity contribution in [1.29, 1.82) is 0 Å². The normalized spacial score (nSPS) is 17.6. The first kappa shape index (κ1) is 12.8. The van der Waals surface area contributed by atoms with E-state index in [4.69, 9.17) is 28.9 Å². The number of para-hydroxylation sites is 1. The molecule has 1 aliphatic rings. The van der Waals surface area contributed by atoms with Gasteiger partial charge in [-0.3, -0.25) is 0 Å². The molecule has 0 bridgehead atoms. The quantitative estimate of drug-likeness (QED) is 0.906. The van der Waals surface area contributed by atoms with Gasteiger partial charge in [-0.05, 0) is 35.4 Å². The summed E-state index contributed by atoms with van der Waals surface area (Å²) in [6.45, 7) is 1.32. The second kappa shape index (κ2) is 5.04. The van der Waals surface area contributed by atoms with Gasteiger partial charge >= 0.3 is 0 Å². The highest BCUT2D eigenvalue weighted by Gasteiger charge is 2.31. The van der Waals surface area contributed by atoms with E-state index in [1.54, 1.807) is 6.07 Å². The lowest BCUT2D eigenvalue weighted by molar-refractivity contribution is 0.679. The first-order chi connectivity index (χ1) is 9.20. The molecule has 3 rings (SSSR count). The first-order valence-corrected chi connectivity index (χ1v) is 6.96. The van der Waals surface area contributed by atoms with Crippen molar-refractivity contribution in [3.8, 4) is 0 Å². The predicted octanol–water partition coefficient (Wildman–Crippen LogP) is 4.01. The number of benzene rings is 2. The number of halogens is 2. The van der Waals surface area contributed by atoms with Gasteiger partial charge in [-0.15, -0.1) is 0 Å². The maximum Gasteiger partial charge on any atom is 0.0672 e. The fourth-order valence-corrected chi connectivity index (χ4v) is 3.25. The Hall–Kier alpha value is -1.22. The summed E-state index contributed by atoms with van der Waals surface area (Å²) >= 11 is 12.4. The van der Waals surface area contributed by atoms with Gasteiger partial charge in [0.1, 0.15) is 0 Å². The summed E-state index contributed by atoms with van der Waals surface area (Å²) in [6.07, 6.45) is 0. The van der Waals surface area contributed by atoms with Gasteiger partial charge in [-0.1, -0.05) is 41.4 Å². The molecule has 2 N–H and O–H groups in total. The van der Waals surface area contributed by atoms with E-state index in [0.29, 0.717) is 11.6 Å². The SMILES string of the molecule is NCC1c2cc(Cl)cc(Cl)c2CN1c1ccccc1. The number of fused-ring (bicyclic) bond motifs is 1. The second-order valence-electron chi connectivity index (χ2n) is 4.67. The van der Waals surface area contributed by atoms with Gasteiger partial charge in [0.25, 0.3) is 0 Å². The molecule has 4 heteroatoms. The molecule has 0 aromatic heterocycles. The average Bonchev–Trinajstić information content (AvgIpc) is 2.78. The Balaban J connectivity index is 2.06. The van der Waals surface area contributed by atoms with Gasteiger partial charge in [0.15, 0.2) is 0 Å². The van der Waals surface area contributed by atoms with Crippen LogP contribution in [-0.4, -0.2) is 6.54 Å². The number of nitrogens with two attached hydrogens (primary N) is 1. The van der Waals surface area contributed by atoms with Crippen LogP contribution in [0.3, 0.4) is 0 Å². The molecule has 0 saturated carbocycles. The molecule has 1 aliphatic heterocycles. The van der Waals surface area contributed by atoms with E-state index in [1.165, 1.54) is 0 Å². The predicted molar refractivity (Wildman–Crippen MR) is 80.9 cm³/mol. The van der Waals surface area contributed by atoms with E-state index < -0.39 is 0 Å². The van der Waals surface area contributed by atoms with Crippen LogP contribution in [0.25, 0.3) is 0 Å². The number of hydrogen-bond donors (Lipinski definition) is 1. The molecule has 0 saturated heterocycles. The summed E-state index contributed by atoms with van der Waals surface area (Å²) in [4.78, 5) is 2.27. The maximum atomic E-state index is 6.30. The van der Waals surface area contributed by atoms with Gasteiger partial charge in [0, 0.05) is 28.8 Å². The molecule has 1 heterocycles. The molecule has 0 radical (unpaired) electrons. The van der Waals surface area contributed by atoms with Crippen molar-refractivity contribution in [2.75, 3.05) is 11.4 Å². The van der Waals surface area contributed by atoms with Crippen LogP contribution >= 0.6 is 23.2 Å². The summed E-state index contributed by atoms with van der Waals surface area (Å²) in [6, 6.07) is 14.1. The lowest BCUT2D eigenvalue weighted by Gasteiger charge is -2.26. The average molecular weight is 293 g/mol. The van der Waals surface area contributed by atoms with E-state index in [1.807, 2.05) is 24.3 Å². The molecule has 0 aliphatic carbocycles. The van der Waals surface area contributed by atoms with Crippen molar-refractivity contribution in [2.45, 2.75) is 12.6 Å². The Labute approximate surface area is 122 Å². The Kier molecular flexibility index (Phi) is 3.40. The molecule has 2 aromatic rings. The Bertz CT molecular complexity index is 599. The smallest absolute Gasteiger partial charge is 0.0672 e. The lowest BCUT2D eigenvalue weighted by atomic mass is 10.0. The van der Waals surface area contributed by atoms with Gasteiger partial charge in [0.05, 0.1) is 6.04 Å². The molecule has 19 heavy (non-hydrogen) atoms. The third-order valence-corrected chi connectivity index (χ3v) is 4.12. The minimum Gasteiger partial charge on any atom is -0.359 e. The van der Waals surface area contributed by atoms with Crippen molar-refractivity contribution in [3.63, 3.8) is 0 Å². The van der Waals surface area contributed by atoms with E-state index in [2.05, 4.69) is 17.0 Å². The molecule has 1 atom stereocenters. The molecule has 2 nitrogen and oxygen atoms in total. The number of nitrogens with zero attached hydrogens (tertiary/aromatic N) is 1. The number of hydrogen-bond acceptors (Lipinski definition) is 2. The van der Waals surface area contributed by atoms with Gasteiger partial charge in [-0.2, -0.15) is 0 Å². The van der Waals surface area contributed by atoms with E-state index in [-0.39, 0.29) is 6.04 Å². The third kappa shape index (κ3) is 2.20. The van der Waals surface area contributed by atoms with E-state index in [9.17, 15) is 0 Å². The summed E-state index contributed by atoms with van der Waals surface area (Å²) < 4.78 is 0. The van der Waals surface area contributed by atoms with Crippen LogP contribution in [0.2, 0.25) is 10.0 Å². The third-order valence-electron chi connectivity index (χ3n) is 3.57. The van der Waals surface area contributed by atoms with Crippen LogP contribution in [-0.2, 0) is 6.54 Å². The summed E-state index contributed by atoms with van der Waals surface area (Å²) in [5.41, 5.74) is 9.38. The van der Waals surface area contributed by atoms with Crippen LogP contribution in [0.1, 0.15) is 17.2 Å². The summed E-state index contributed by atoms with van der Waals surface area (Å²) in [5.74, 6) is 0. The van der Waals surface area contributed by atoms with Crippen molar-refractivity contribution in [2.24, 2.45) is 5.73 Å².